The van der Waals surface area contributed by atoms with Gasteiger partial charge in [-0.1, -0.05) is 0 Å². The Morgan fingerprint density at radius 1 is 1.33 bits per heavy atom. The summed E-state index contributed by atoms with van der Waals surface area (Å²) in [5.74, 6) is 4.44. The summed E-state index contributed by atoms with van der Waals surface area (Å²) >= 11 is 0. The van der Waals surface area contributed by atoms with E-state index in [2.05, 4.69) is 18.0 Å². The second-order valence-corrected chi connectivity index (χ2v) is 6.28. The number of fused-ring (bicyclic) bond motifs is 2. The van der Waals surface area contributed by atoms with E-state index >= 15 is 0 Å². The van der Waals surface area contributed by atoms with E-state index in [1.54, 1.807) is 0 Å². The molecule has 0 saturated heterocycles. The summed E-state index contributed by atoms with van der Waals surface area (Å²) in [5.41, 5.74) is 6.36. The monoisotopic (exact) mass is 248 g/mol. The molecule has 3 heteroatoms. The number of nitrogens with two attached hydrogens (primary N) is 1. The number of hydrogen-bond acceptors (Lipinski definition) is 3. The molecular weight excluding hydrogens is 224 g/mol. The molecule has 1 heterocycles. The average molecular weight is 248 g/mol. The maximum atomic E-state index is 6.36. The molecule has 2 saturated carbocycles. The largest absolute Gasteiger partial charge is 0.465 e. The number of aryl methyl sites for hydroxylation is 1. The van der Waals surface area contributed by atoms with Gasteiger partial charge in [-0.25, -0.2) is 0 Å². The van der Waals surface area contributed by atoms with Crippen molar-refractivity contribution < 1.29 is 4.42 Å². The Morgan fingerprint density at radius 2 is 2.11 bits per heavy atom. The van der Waals surface area contributed by atoms with E-state index in [9.17, 15) is 0 Å². The van der Waals surface area contributed by atoms with E-state index in [4.69, 9.17) is 10.2 Å². The molecule has 2 bridgehead atoms. The van der Waals surface area contributed by atoms with Gasteiger partial charge in [-0.2, -0.15) is 0 Å². The van der Waals surface area contributed by atoms with Gasteiger partial charge in [0.2, 0.25) is 0 Å². The van der Waals surface area contributed by atoms with Crippen LogP contribution in [-0.2, 0) is 6.54 Å². The van der Waals surface area contributed by atoms with Gasteiger partial charge in [-0.05, 0) is 63.1 Å². The molecule has 100 valence electrons. The number of hydrogen-bond donors (Lipinski definition) is 1. The van der Waals surface area contributed by atoms with E-state index in [1.165, 1.54) is 19.3 Å². The molecule has 1 aromatic rings. The summed E-state index contributed by atoms with van der Waals surface area (Å²) < 4.78 is 5.63. The van der Waals surface area contributed by atoms with Gasteiger partial charge < -0.3 is 10.2 Å². The van der Waals surface area contributed by atoms with Crippen LogP contribution in [-0.4, -0.2) is 24.5 Å². The number of furan rings is 1. The van der Waals surface area contributed by atoms with E-state index < -0.39 is 0 Å². The third-order valence-electron chi connectivity index (χ3n) is 4.90. The molecule has 0 aliphatic heterocycles. The van der Waals surface area contributed by atoms with Crippen LogP contribution in [0, 0.1) is 24.7 Å². The Morgan fingerprint density at radius 3 is 2.72 bits per heavy atom. The van der Waals surface area contributed by atoms with Crippen molar-refractivity contribution in [3.8, 4) is 0 Å². The summed E-state index contributed by atoms with van der Waals surface area (Å²) in [6.07, 6.45) is 4.14. The van der Waals surface area contributed by atoms with Crippen LogP contribution in [0.1, 0.15) is 30.8 Å². The first-order valence-corrected chi connectivity index (χ1v) is 7.13. The summed E-state index contributed by atoms with van der Waals surface area (Å²) in [7, 11) is 2.18. The van der Waals surface area contributed by atoms with Gasteiger partial charge in [0.05, 0.1) is 6.54 Å². The lowest BCUT2D eigenvalue weighted by Crippen LogP contribution is -2.41. The van der Waals surface area contributed by atoms with Crippen LogP contribution in [0.4, 0.5) is 0 Å². The smallest absolute Gasteiger partial charge is 0.118 e. The Balaban J connectivity index is 1.56. The summed E-state index contributed by atoms with van der Waals surface area (Å²) in [6, 6.07) is 4.54. The van der Waals surface area contributed by atoms with Crippen molar-refractivity contribution in [1.82, 2.24) is 4.90 Å². The van der Waals surface area contributed by atoms with Crippen molar-refractivity contribution in [3.05, 3.63) is 23.7 Å². The Bertz CT molecular complexity index is 412. The van der Waals surface area contributed by atoms with Crippen LogP contribution in [0.5, 0.6) is 0 Å². The van der Waals surface area contributed by atoms with Gasteiger partial charge in [-0.3, -0.25) is 4.90 Å². The first kappa shape index (κ1) is 12.2. The molecular formula is C15H24N2O. The zero-order valence-corrected chi connectivity index (χ0v) is 11.4. The van der Waals surface area contributed by atoms with E-state index in [-0.39, 0.29) is 0 Å². The highest BCUT2D eigenvalue weighted by molar-refractivity contribution is 5.06. The third kappa shape index (κ3) is 2.21. The minimum Gasteiger partial charge on any atom is -0.465 e. The highest BCUT2D eigenvalue weighted by atomic mass is 16.3. The SMILES string of the molecule is Cc1ccc(CN(C)CC2C3CCC(C3)C2N)o1. The first-order valence-electron chi connectivity index (χ1n) is 7.13. The van der Waals surface area contributed by atoms with Crippen molar-refractivity contribution in [2.45, 2.75) is 38.8 Å². The quantitative estimate of drug-likeness (QED) is 0.889. The zero-order chi connectivity index (χ0) is 12.7. The minimum atomic E-state index is 0.435. The van der Waals surface area contributed by atoms with E-state index in [1.807, 2.05) is 13.0 Å². The van der Waals surface area contributed by atoms with Crippen molar-refractivity contribution in [1.29, 1.82) is 0 Å². The van der Waals surface area contributed by atoms with E-state index in [0.29, 0.717) is 12.0 Å². The molecule has 4 atom stereocenters. The van der Waals surface area contributed by atoms with Crippen LogP contribution in [0.3, 0.4) is 0 Å². The van der Waals surface area contributed by atoms with Crippen molar-refractivity contribution in [3.63, 3.8) is 0 Å². The van der Waals surface area contributed by atoms with E-state index in [0.717, 1.165) is 36.4 Å². The predicted molar refractivity (Wildman–Crippen MR) is 72.1 cm³/mol. The molecule has 0 spiro atoms. The average Bonchev–Trinajstić information content (AvgIpc) is 2.99. The predicted octanol–water partition coefficient (Wildman–Crippen LogP) is 2.39. The second kappa shape index (κ2) is 4.71. The fourth-order valence-corrected chi connectivity index (χ4v) is 3.99. The number of nitrogens with zero attached hydrogens (tertiary/aromatic N) is 1. The summed E-state index contributed by atoms with van der Waals surface area (Å²) in [6.45, 7) is 4.01. The fraction of sp³-hybridized carbons (Fsp3) is 0.733. The minimum absolute atomic E-state index is 0.435. The Labute approximate surface area is 109 Å². The molecule has 2 aliphatic rings. The molecule has 3 nitrogen and oxygen atoms in total. The lowest BCUT2D eigenvalue weighted by atomic mass is 9.84. The zero-order valence-electron chi connectivity index (χ0n) is 11.4. The molecule has 3 rings (SSSR count). The topological polar surface area (TPSA) is 42.4 Å². The maximum Gasteiger partial charge on any atom is 0.118 e. The second-order valence-electron chi connectivity index (χ2n) is 6.28. The van der Waals surface area contributed by atoms with Gasteiger partial charge in [-0.15, -0.1) is 0 Å². The van der Waals surface area contributed by atoms with Gasteiger partial charge in [0.15, 0.2) is 0 Å². The molecule has 2 aliphatic carbocycles. The number of rotatable bonds is 4. The Hall–Kier alpha value is -0.800. The van der Waals surface area contributed by atoms with Gasteiger partial charge in [0.1, 0.15) is 11.5 Å². The molecule has 4 unspecified atom stereocenters. The van der Waals surface area contributed by atoms with Crippen LogP contribution in [0.2, 0.25) is 0 Å². The molecule has 2 N–H and O–H groups in total. The van der Waals surface area contributed by atoms with Crippen molar-refractivity contribution >= 4 is 0 Å². The summed E-state index contributed by atoms with van der Waals surface area (Å²) in [5, 5.41) is 0. The van der Waals surface area contributed by atoms with Gasteiger partial charge in [0, 0.05) is 12.6 Å². The molecule has 1 aromatic heterocycles. The normalized spacial score (nSPS) is 34.7. The highest BCUT2D eigenvalue weighted by Gasteiger charge is 2.45. The molecule has 18 heavy (non-hydrogen) atoms. The van der Waals surface area contributed by atoms with Crippen LogP contribution in [0.15, 0.2) is 16.5 Å². The third-order valence-corrected chi connectivity index (χ3v) is 4.90. The standard InChI is InChI=1S/C15H24N2O/c1-10-3-6-13(18-10)8-17(2)9-14-11-4-5-12(7-11)15(14)16/h3,6,11-12,14-15H,4-5,7-9,16H2,1-2H3. The molecule has 2 fully saturated rings. The van der Waals surface area contributed by atoms with Crippen molar-refractivity contribution in [2.24, 2.45) is 23.5 Å². The fourth-order valence-electron chi connectivity index (χ4n) is 3.99. The first-order chi connectivity index (χ1) is 8.63. The maximum absolute atomic E-state index is 6.36. The molecule has 0 aromatic carbocycles. The summed E-state index contributed by atoms with van der Waals surface area (Å²) in [4.78, 5) is 2.36. The molecule has 0 radical (unpaired) electrons. The van der Waals surface area contributed by atoms with Crippen LogP contribution >= 0.6 is 0 Å². The van der Waals surface area contributed by atoms with Crippen LogP contribution < -0.4 is 5.73 Å². The van der Waals surface area contributed by atoms with Crippen LogP contribution in [0.25, 0.3) is 0 Å². The Kier molecular flexibility index (Phi) is 3.20. The van der Waals surface area contributed by atoms with Gasteiger partial charge in [0.25, 0.3) is 0 Å². The molecule has 0 amide bonds. The lowest BCUT2D eigenvalue weighted by Gasteiger charge is -2.31. The van der Waals surface area contributed by atoms with Crippen molar-refractivity contribution in [2.75, 3.05) is 13.6 Å². The lowest BCUT2D eigenvalue weighted by molar-refractivity contribution is 0.186. The highest BCUT2D eigenvalue weighted by Crippen LogP contribution is 2.47. The van der Waals surface area contributed by atoms with Gasteiger partial charge >= 0.3 is 0 Å².